The van der Waals surface area contributed by atoms with E-state index in [-0.39, 0.29) is 23.3 Å². The van der Waals surface area contributed by atoms with Crippen LogP contribution in [0, 0.1) is 5.41 Å². The lowest BCUT2D eigenvalue weighted by Crippen LogP contribution is -2.52. The number of nitrogens with one attached hydrogen (secondary N) is 1. The van der Waals surface area contributed by atoms with Gasteiger partial charge in [-0.25, -0.2) is 0 Å². The monoisotopic (exact) mass is 394 g/mol. The zero-order valence-corrected chi connectivity index (χ0v) is 18.6. The van der Waals surface area contributed by atoms with Gasteiger partial charge in [0.2, 0.25) is 11.8 Å². The summed E-state index contributed by atoms with van der Waals surface area (Å²) in [6.45, 7) is 15.7. The minimum Gasteiger partial charge on any atom is -0.353 e. The number of nitrogens with zero attached hydrogens (tertiary/aromatic N) is 3. The first kappa shape index (κ1) is 23.1. The first-order chi connectivity index (χ1) is 13.3. The summed E-state index contributed by atoms with van der Waals surface area (Å²) in [6.07, 6.45) is 6.27. The molecule has 2 fully saturated rings. The van der Waals surface area contributed by atoms with Crippen LogP contribution in [0.4, 0.5) is 0 Å². The molecule has 0 spiro atoms. The fraction of sp³-hybridized carbons (Fsp3) is 0.909. The highest BCUT2D eigenvalue weighted by Crippen LogP contribution is 2.19. The zero-order chi connectivity index (χ0) is 20.6. The molecule has 0 atom stereocenters. The van der Waals surface area contributed by atoms with E-state index in [4.69, 9.17) is 0 Å². The molecule has 1 N–H and O–H groups in total. The van der Waals surface area contributed by atoms with E-state index in [1.165, 1.54) is 25.8 Å². The molecule has 0 unspecified atom stereocenters. The molecule has 0 aliphatic carbocycles. The Labute approximate surface area is 172 Å². The Bertz CT molecular complexity index is 487. The van der Waals surface area contributed by atoms with Crippen molar-refractivity contribution < 1.29 is 9.59 Å². The molecule has 2 heterocycles. The lowest BCUT2D eigenvalue weighted by molar-refractivity contribution is -0.134. The van der Waals surface area contributed by atoms with Crippen LogP contribution in [0.2, 0.25) is 0 Å². The Kier molecular flexibility index (Phi) is 9.22. The number of amides is 2. The average molecular weight is 395 g/mol. The van der Waals surface area contributed by atoms with Crippen LogP contribution in [-0.2, 0) is 9.59 Å². The van der Waals surface area contributed by atoms with Crippen molar-refractivity contribution in [1.29, 1.82) is 0 Å². The van der Waals surface area contributed by atoms with Crippen LogP contribution in [0.3, 0.4) is 0 Å². The molecule has 2 saturated heterocycles. The maximum atomic E-state index is 12.6. The van der Waals surface area contributed by atoms with Crippen molar-refractivity contribution in [2.24, 2.45) is 5.41 Å². The molecule has 0 aromatic carbocycles. The summed E-state index contributed by atoms with van der Waals surface area (Å²) >= 11 is 0. The number of unbranched alkanes of at least 4 members (excludes halogenated alkanes) is 2. The Hall–Kier alpha value is -1.14. The largest absolute Gasteiger partial charge is 0.353 e. The number of piperidine rings is 1. The summed E-state index contributed by atoms with van der Waals surface area (Å²) in [5.41, 5.74) is 0.0250. The fourth-order valence-corrected chi connectivity index (χ4v) is 4.09. The minimum atomic E-state index is 0.0250. The molecular weight excluding hydrogens is 352 g/mol. The van der Waals surface area contributed by atoms with Crippen molar-refractivity contribution >= 4 is 11.8 Å². The van der Waals surface area contributed by atoms with Crippen molar-refractivity contribution in [3.8, 4) is 0 Å². The van der Waals surface area contributed by atoms with E-state index in [1.54, 1.807) is 0 Å². The molecule has 2 rings (SSSR count). The molecule has 0 radical (unpaired) electrons. The van der Waals surface area contributed by atoms with Gasteiger partial charge in [-0.15, -0.1) is 0 Å². The van der Waals surface area contributed by atoms with E-state index in [2.05, 4.69) is 42.8 Å². The van der Waals surface area contributed by atoms with Crippen molar-refractivity contribution in [2.75, 3.05) is 52.4 Å². The van der Waals surface area contributed by atoms with E-state index in [0.29, 0.717) is 13.0 Å². The predicted octanol–water partition coefficient (Wildman–Crippen LogP) is 2.34. The number of carbonyl (C=O) groups excluding carboxylic acids is 2. The van der Waals surface area contributed by atoms with Gasteiger partial charge in [-0.3, -0.25) is 19.4 Å². The molecule has 2 aliphatic heterocycles. The molecule has 6 nitrogen and oxygen atoms in total. The van der Waals surface area contributed by atoms with Gasteiger partial charge >= 0.3 is 0 Å². The zero-order valence-electron chi connectivity index (χ0n) is 18.6. The summed E-state index contributed by atoms with van der Waals surface area (Å²) in [6, 6.07) is 0.257. The smallest absolute Gasteiger partial charge is 0.236 e. The third-order valence-corrected chi connectivity index (χ3v) is 5.81. The van der Waals surface area contributed by atoms with Crippen molar-refractivity contribution in [3.05, 3.63) is 0 Å². The number of piperazine rings is 1. The third-order valence-electron chi connectivity index (χ3n) is 5.81. The first-order valence-corrected chi connectivity index (χ1v) is 11.3. The van der Waals surface area contributed by atoms with Gasteiger partial charge in [-0.1, -0.05) is 40.5 Å². The molecule has 2 amide bonds. The topological polar surface area (TPSA) is 55.9 Å². The van der Waals surface area contributed by atoms with E-state index in [0.717, 1.165) is 52.1 Å². The molecule has 0 aromatic heterocycles. The molecule has 0 bridgehead atoms. The Morgan fingerprint density at radius 2 is 1.57 bits per heavy atom. The summed E-state index contributed by atoms with van der Waals surface area (Å²) in [5, 5.41) is 3.17. The molecule has 28 heavy (non-hydrogen) atoms. The molecule has 0 saturated carbocycles. The second kappa shape index (κ2) is 11.1. The number of hydrogen-bond acceptors (Lipinski definition) is 4. The van der Waals surface area contributed by atoms with E-state index in [9.17, 15) is 9.59 Å². The Balaban J connectivity index is 1.62. The maximum Gasteiger partial charge on any atom is 0.236 e. The fourth-order valence-electron chi connectivity index (χ4n) is 4.09. The number of likely N-dealkylation sites (tertiary alicyclic amines) is 1. The average Bonchev–Trinajstić information content (AvgIpc) is 2.62. The van der Waals surface area contributed by atoms with Crippen molar-refractivity contribution in [3.63, 3.8) is 0 Å². The van der Waals surface area contributed by atoms with Gasteiger partial charge in [0.15, 0.2) is 0 Å². The number of hydrogen-bond donors (Lipinski definition) is 1. The van der Waals surface area contributed by atoms with E-state index in [1.807, 2.05) is 4.90 Å². The van der Waals surface area contributed by atoms with Crippen molar-refractivity contribution in [1.82, 2.24) is 20.0 Å². The van der Waals surface area contributed by atoms with E-state index < -0.39 is 0 Å². The predicted molar refractivity (Wildman–Crippen MR) is 114 cm³/mol. The van der Waals surface area contributed by atoms with Crippen LogP contribution in [0.1, 0.15) is 66.2 Å². The van der Waals surface area contributed by atoms with Gasteiger partial charge in [0.25, 0.3) is 0 Å². The number of rotatable bonds is 8. The van der Waals surface area contributed by atoms with Crippen LogP contribution in [0.25, 0.3) is 0 Å². The standard InChI is InChI=1S/C22H42N4O2/c1-5-6-7-10-24-13-15-26(16-14-24)21(28)18-25-11-8-19(9-12-25)23-20(27)17-22(2,3)4/h19H,5-18H2,1-4H3,(H,23,27). The quantitative estimate of drug-likeness (QED) is 0.642. The van der Waals surface area contributed by atoms with Crippen molar-refractivity contribution in [2.45, 2.75) is 72.3 Å². The molecule has 6 heteroatoms. The summed E-state index contributed by atoms with van der Waals surface area (Å²) in [5.74, 6) is 0.419. The molecule has 2 aliphatic rings. The highest BCUT2D eigenvalue weighted by Gasteiger charge is 2.26. The second-order valence-corrected chi connectivity index (χ2v) is 9.78. The van der Waals surface area contributed by atoms with Crippen LogP contribution in [-0.4, -0.2) is 84.9 Å². The van der Waals surface area contributed by atoms with E-state index >= 15 is 0 Å². The highest BCUT2D eigenvalue weighted by molar-refractivity contribution is 5.78. The minimum absolute atomic E-state index is 0.0250. The van der Waals surface area contributed by atoms with Crippen LogP contribution < -0.4 is 5.32 Å². The molecule has 0 aromatic rings. The Morgan fingerprint density at radius 1 is 0.929 bits per heavy atom. The first-order valence-electron chi connectivity index (χ1n) is 11.3. The Morgan fingerprint density at radius 3 is 2.14 bits per heavy atom. The van der Waals surface area contributed by atoms with Crippen LogP contribution in [0.15, 0.2) is 0 Å². The highest BCUT2D eigenvalue weighted by atomic mass is 16.2. The van der Waals surface area contributed by atoms with Gasteiger partial charge in [0.1, 0.15) is 0 Å². The van der Waals surface area contributed by atoms with Crippen LogP contribution >= 0.6 is 0 Å². The SMILES string of the molecule is CCCCCN1CCN(C(=O)CN2CCC(NC(=O)CC(C)(C)C)CC2)CC1. The van der Waals surface area contributed by atoms with Gasteiger partial charge in [-0.2, -0.15) is 0 Å². The number of carbonyl (C=O) groups is 2. The van der Waals surface area contributed by atoms with Crippen LogP contribution in [0.5, 0.6) is 0 Å². The lowest BCUT2D eigenvalue weighted by atomic mass is 9.91. The maximum absolute atomic E-state index is 12.6. The molecular formula is C22H42N4O2. The molecule has 162 valence electrons. The summed E-state index contributed by atoms with van der Waals surface area (Å²) < 4.78 is 0. The van der Waals surface area contributed by atoms with Gasteiger partial charge < -0.3 is 10.2 Å². The summed E-state index contributed by atoms with van der Waals surface area (Å²) in [4.78, 5) is 31.5. The lowest BCUT2D eigenvalue weighted by Gasteiger charge is -2.37. The van der Waals surface area contributed by atoms with Gasteiger partial charge in [-0.05, 0) is 31.2 Å². The summed E-state index contributed by atoms with van der Waals surface area (Å²) in [7, 11) is 0. The second-order valence-electron chi connectivity index (χ2n) is 9.78. The van der Waals surface area contributed by atoms with Gasteiger partial charge in [0, 0.05) is 51.7 Å². The normalized spacial score (nSPS) is 20.4. The van der Waals surface area contributed by atoms with Gasteiger partial charge in [0.05, 0.1) is 6.54 Å². The third kappa shape index (κ3) is 8.48.